The fourth-order valence-electron chi connectivity index (χ4n) is 9.79. The lowest BCUT2D eigenvalue weighted by atomic mass is 9.84. The van der Waals surface area contributed by atoms with E-state index in [0.29, 0.717) is 43.8 Å². The Morgan fingerprint density at radius 3 is 0.829 bits per heavy atom. The van der Waals surface area contributed by atoms with E-state index in [4.69, 9.17) is 9.05 Å². The highest BCUT2D eigenvalue weighted by Crippen LogP contribution is 2.58. The molecule has 0 aliphatic rings. The third-order valence-corrected chi connectivity index (χ3v) is 13.8. The maximum Gasteiger partial charge on any atom is 0.524 e. The van der Waals surface area contributed by atoms with Crippen molar-refractivity contribution in [1.82, 2.24) is 0 Å². The largest absolute Gasteiger partial charge is 0.524 e. The fourth-order valence-corrected chi connectivity index (χ4v) is 10.6. The topological polar surface area (TPSA) is 134 Å². The number of benzene rings is 10. The molecule has 10 aromatic rings. The molecule has 0 atom stereocenters. The molecule has 0 amide bonds. The van der Waals surface area contributed by atoms with Crippen LogP contribution in [0.25, 0.3) is 99.4 Å². The zero-order chi connectivity index (χ0) is 48.9. The van der Waals surface area contributed by atoms with Crippen LogP contribution in [-0.2, 0) is 9.13 Å². The molecule has 10 heteroatoms. The van der Waals surface area contributed by atoms with Crippen LogP contribution in [0, 0.1) is 27.7 Å². The Balaban J connectivity index is 1.37. The fraction of sp³-hybridized carbons (Fsp3) is 0.0667. The van der Waals surface area contributed by atoms with Gasteiger partial charge >= 0.3 is 15.6 Å². The highest BCUT2D eigenvalue weighted by molar-refractivity contribution is 7.47. The number of fused-ring (bicyclic) bond motifs is 2. The monoisotopic (exact) mass is 958 g/mol. The first kappa shape index (κ1) is 46.4. The molecule has 8 nitrogen and oxygen atoms in total. The number of phosphoric ester groups is 2. The van der Waals surface area contributed by atoms with Gasteiger partial charge in [0.05, 0.1) is 0 Å². The van der Waals surface area contributed by atoms with E-state index < -0.39 is 15.6 Å². The van der Waals surface area contributed by atoms with E-state index in [1.54, 1.807) is 24.3 Å². The predicted molar refractivity (Wildman–Crippen MR) is 284 cm³/mol. The van der Waals surface area contributed by atoms with Crippen LogP contribution < -0.4 is 9.05 Å². The lowest BCUT2D eigenvalue weighted by molar-refractivity contribution is 0.280. The van der Waals surface area contributed by atoms with Crippen LogP contribution in [0.3, 0.4) is 0 Å². The quantitative estimate of drug-likeness (QED) is 0.0942. The second-order valence-electron chi connectivity index (χ2n) is 17.7. The van der Waals surface area contributed by atoms with E-state index in [1.807, 2.05) is 185 Å². The predicted octanol–water partition coefficient (Wildman–Crippen LogP) is 15.8. The Labute approximate surface area is 406 Å². The summed E-state index contributed by atoms with van der Waals surface area (Å²) in [5, 5.41) is 2.33. The van der Waals surface area contributed by atoms with Gasteiger partial charge in [-0.2, -0.15) is 0 Å². The second kappa shape index (κ2) is 18.5. The summed E-state index contributed by atoms with van der Waals surface area (Å²) < 4.78 is 39.1. The molecule has 10 rings (SSSR count). The SMILES string of the molecule is Cc1ccccc1-c1cc(-c2ccccc2C)cc(-c2cc3ccccc3c(-c3c(OP(=O)(O)O)c(-c4cc(-c5ccccc5C)cc(-c5ccccc5C)c4)cc4ccccc34)c2OP(=O)(O)O)c1. The summed E-state index contributed by atoms with van der Waals surface area (Å²) in [5.74, 6) is -0.395. The van der Waals surface area contributed by atoms with Gasteiger partial charge < -0.3 is 9.05 Å². The Bertz CT molecular complexity index is 3420. The molecule has 4 N–H and O–H groups in total. The number of aryl methyl sites for hydroxylation is 4. The Hall–Kier alpha value is -7.38. The number of hydrogen-bond donors (Lipinski definition) is 4. The molecule has 0 spiro atoms. The first-order valence-electron chi connectivity index (χ1n) is 22.8. The third-order valence-electron chi connectivity index (χ3n) is 13.0. The molecule has 0 heterocycles. The normalized spacial score (nSPS) is 11.8. The van der Waals surface area contributed by atoms with Crippen molar-refractivity contribution in [2.75, 3.05) is 0 Å². The molecular formula is C60H48O8P2. The van der Waals surface area contributed by atoms with Crippen LogP contribution in [0.1, 0.15) is 22.3 Å². The lowest BCUT2D eigenvalue weighted by Crippen LogP contribution is -2.02. The summed E-state index contributed by atoms with van der Waals surface area (Å²) in [6, 6.07) is 62.7. The van der Waals surface area contributed by atoms with Gasteiger partial charge in [0.25, 0.3) is 0 Å². The molecular weight excluding hydrogens is 911 g/mol. The van der Waals surface area contributed by atoms with Crippen molar-refractivity contribution in [2.24, 2.45) is 0 Å². The zero-order valence-electron chi connectivity index (χ0n) is 38.8. The minimum absolute atomic E-state index is 0.172. The standard InChI is InChI=1S/C60H48O8P2/c1-37-17-5-11-23-49(37)43-29-44(50-24-12-6-18-38(50)2)32-47(31-43)55-35-41-21-9-15-27-53(41)57(59(55)67-69(61,62)63)58-54-28-16-10-22-42(54)36-56(60(58)68-70(64,65)66)48-33-45(51-25-13-7-19-39(51)3)30-46(34-48)52-26-14-8-20-40(52)4/h5-36H,1-4H3,(H2,61,62,63)(H2,64,65,66). The zero-order valence-corrected chi connectivity index (χ0v) is 40.6. The molecule has 0 fully saturated rings. The lowest BCUT2D eigenvalue weighted by Gasteiger charge is -2.25. The van der Waals surface area contributed by atoms with Gasteiger partial charge in [-0.25, -0.2) is 9.13 Å². The summed E-state index contributed by atoms with van der Waals surface area (Å²) in [4.78, 5) is 43.9. The molecule has 0 aliphatic carbocycles. The van der Waals surface area contributed by atoms with Gasteiger partial charge in [0, 0.05) is 22.3 Å². The summed E-state index contributed by atoms with van der Waals surface area (Å²) in [6.45, 7) is 8.14. The Morgan fingerprint density at radius 1 is 0.314 bits per heavy atom. The van der Waals surface area contributed by atoms with Gasteiger partial charge in [0.1, 0.15) is 11.5 Å². The summed E-state index contributed by atoms with van der Waals surface area (Å²) in [7, 11) is -10.8. The molecule has 0 saturated carbocycles. The number of rotatable bonds is 11. The van der Waals surface area contributed by atoms with Gasteiger partial charge in [-0.05, 0) is 176 Å². The van der Waals surface area contributed by atoms with Crippen LogP contribution in [0.5, 0.6) is 11.5 Å². The Morgan fingerprint density at radius 2 is 0.557 bits per heavy atom. The van der Waals surface area contributed by atoms with Gasteiger partial charge in [0.2, 0.25) is 0 Å². The van der Waals surface area contributed by atoms with E-state index in [0.717, 1.165) is 66.8 Å². The molecule has 0 saturated heterocycles. The maximum absolute atomic E-state index is 13.6. The smallest absolute Gasteiger partial charge is 0.403 e. The van der Waals surface area contributed by atoms with Gasteiger partial charge in [0.15, 0.2) is 0 Å². The minimum Gasteiger partial charge on any atom is -0.403 e. The summed E-state index contributed by atoms with van der Waals surface area (Å²) in [5.41, 5.74) is 13.6. The molecule has 0 aromatic heterocycles. The molecule has 70 heavy (non-hydrogen) atoms. The molecule has 346 valence electrons. The second-order valence-corrected chi connectivity index (χ2v) is 20.0. The molecule has 0 aliphatic heterocycles. The van der Waals surface area contributed by atoms with Crippen molar-refractivity contribution in [1.29, 1.82) is 0 Å². The first-order chi connectivity index (χ1) is 33.6. The summed E-state index contributed by atoms with van der Waals surface area (Å²) >= 11 is 0. The minimum atomic E-state index is -5.39. The highest BCUT2D eigenvalue weighted by Gasteiger charge is 2.32. The molecule has 0 bridgehead atoms. The van der Waals surface area contributed by atoms with Crippen LogP contribution in [0.2, 0.25) is 0 Å². The van der Waals surface area contributed by atoms with Gasteiger partial charge in [-0.15, -0.1) is 0 Å². The Kier molecular flexibility index (Phi) is 12.3. The van der Waals surface area contributed by atoms with Crippen molar-refractivity contribution in [3.63, 3.8) is 0 Å². The van der Waals surface area contributed by atoms with Crippen molar-refractivity contribution in [3.8, 4) is 89.4 Å². The van der Waals surface area contributed by atoms with Crippen LogP contribution in [0.15, 0.2) is 194 Å². The van der Waals surface area contributed by atoms with E-state index in [9.17, 15) is 28.7 Å². The molecule has 0 unspecified atom stereocenters. The van der Waals surface area contributed by atoms with Gasteiger partial charge in [-0.1, -0.05) is 146 Å². The van der Waals surface area contributed by atoms with Crippen molar-refractivity contribution in [3.05, 3.63) is 216 Å². The van der Waals surface area contributed by atoms with E-state index >= 15 is 0 Å². The van der Waals surface area contributed by atoms with Crippen molar-refractivity contribution >= 4 is 37.2 Å². The number of hydrogen-bond acceptors (Lipinski definition) is 4. The van der Waals surface area contributed by atoms with E-state index in [-0.39, 0.29) is 22.6 Å². The maximum atomic E-state index is 13.6. The van der Waals surface area contributed by atoms with Crippen molar-refractivity contribution < 1.29 is 37.8 Å². The highest BCUT2D eigenvalue weighted by atomic mass is 31.2. The van der Waals surface area contributed by atoms with Crippen LogP contribution >= 0.6 is 15.6 Å². The van der Waals surface area contributed by atoms with E-state index in [1.165, 1.54) is 0 Å². The average molecular weight is 959 g/mol. The molecule has 10 aromatic carbocycles. The average Bonchev–Trinajstić information content (AvgIpc) is 3.33. The van der Waals surface area contributed by atoms with E-state index in [2.05, 4.69) is 12.1 Å². The first-order valence-corrected chi connectivity index (χ1v) is 25.8. The number of phosphoric acid groups is 2. The van der Waals surface area contributed by atoms with Crippen LogP contribution in [0.4, 0.5) is 0 Å². The summed E-state index contributed by atoms with van der Waals surface area (Å²) in [6.07, 6.45) is 0. The van der Waals surface area contributed by atoms with Crippen LogP contribution in [-0.4, -0.2) is 19.6 Å². The van der Waals surface area contributed by atoms with Gasteiger partial charge in [-0.3, -0.25) is 19.6 Å². The third kappa shape index (κ3) is 9.25. The molecule has 0 radical (unpaired) electrons. The van der Waals surface area contributed by atoms with Crippen molar-refractivity contribution in [2.45, 2.75) is 27.7 Å².